The summed E-state index contributed by atoms with van der Waals surface area (Å²) in [6, 6.07) is 5.90. The molecule has 1 N–H and O–H groups in total. The van der Waals surface area contributed by atoms with Crippen molar-refractivity contribution in [2.24, 2.45) is 7.05 Å². The first-order valence-corrected chi connectivity index (χ1v) is 6.70. The average Bonchev–Trinajstić information content (AvgIpc) is 3.11. The molecule has 0 radical (unpaired) electrons. The van der Waals surface area contributed by atoms with E-state index in [9.17, 15) is 0 Å². The third-order valence-corrected chi connectivity index (χ3v) is 3.59. The Morgan fingerprint density at radius 2 is 2.05 bits per heavy atom. The molecule has 0 amide bonds. The number of pyridine rings is 1. The van der Waals surface area contributed by atoms with E-state index in [1.54, 1.807) is 12.4 Å². The lowest BCUT2D eigenvalue weighted by atomic mass is 10.1. The first kappa shape index (κ1) is 12.0. The van der Waals surface area contributed by atoms with E-state index >= 15 is 0 Å². The molecule has 0 bridgehead atoms. The van der Waals surface area contributed by atoms with Crippen LogP contribution in [0.15, 0.2) is 36.8 Å². The van der Waals surface area contributed by atoms with Gasteiger partial charge in [-0.1, -0.05) is 0 Å². The monoisotopic (exact) mass is 282 g/mol. The molecule has 3 aromatic rings. The molecular formula is C15H14N4O2. The molecule has 2 aromatic heterocycles. The quantitative estimate of drug-likeness (QED) is 0.798. The van der Waals surface area contributed by atoms with Crippen molar-refractivity contribution < 1.29 is 9.47 Å². The minimum Gasteiger partial charge on any atom is -0.454 e. The highest BCUT2D eigenvalue weighted by atomic mass is 16.7. The number of anilines is 1. The number of fused-ring (bicyclic) bond motifs is 2. The van der Waals surface area contributed by atoms with Crippen LogP contribution in [0.1, 0.15) is 5.82 Å². The van der Waals surface area contributed by atoms with Crippen LogP contribution < -0.4 is 14.8 Å². The van der Waals surface area contributed by atoms with Gasteiger partial charge in [0, 0.05) is 31.0 Å². The Kier molecular flexibility index (Phi) is 2.67. The fourth-order valence-corrected chi connectivity index (χ4v) is 2.43. The van der Waals surface area contributed by atoms with Gasteiger partial charge in [0.15, 0.2) is 11.5 Å². The van der Waals surface area contributed by atoms with Gasteiger partial charge in [-0.25, -0.2) is 9.97 Å². The Labute approximate surface area is 121 Å². The molecule has 6 heteroatoms. The Hall–Kier alpha value is -2.76. The number of benzene rings is 1. The third-order valence-electron chi connectivity index (χ3n) is 3.59. The molecule has 0 saturated heterocycles. The maximum Gasteiger partial charge on any atom is 0.231 e. The number of ether oxygens (including phenoxy) is 2. The Bertz CT molecular complexity index is 813. The van der Waals surface area contributed by atoms with E-state index in [1.165, 1.54) is 0 Å². The van der Waals surface area contributed by atoms with Gasteiger partial charge in [0.25, 0.3) is 0 Å². The summed E-state index contributed by atoms with van der Waals surface area (Å²) < 4.78 is 12.8. The van der Waals surface area contributed by atoms with Crippen molar-refractivity contribution >= 4 is 16.6 Å². The number of aromatic nitrogens is 3. The first-order valence-electron chi connectivity index (χ1n) is 6.70. The van der Waals surface area contributed by atoms with Crippen molar-refractivity contribution in [3.8, 4) is 11.5 Å². The summed E-state index contributed by atoms with van der Waals surface area (Å²) in [6.45, 7) is 0.888. The van der Waals surface area contributed by atoms with Crippen LogP contribution in [0.5, 0.6) is 11.5 Å². The summed E-state index contributed by atoms with van der Waals surface area (Å²) in [4.78, 5) is 8.71. The third kappa shape index (κ3) is 2.05. The molecule has 1 aromatic carbocycles. The minimum atomic E-state index is 0.273. The van der Waals surface area contributed by atoms with Gasteiger partial charge >= 0.3 is 0 Å². The van der Waals surface area contributed by atoms with Crippen LogP contribution in [-0.2, 0) is 13.6 Å². The second-order valence-electron chi connectivity index (χ2n) is 4.89. The van der Waals surface area contributed by atoms with Crippen molar-refractivity contribution in [3.05, 3.63) is 42.6 Å². The van der Waals surface area contributed by atoms with Gasteiger partial charge in [-0.05, 0) is 23.6 Å². The highest BCUT2D eigenvalue weighted by Crippen LogP contribution is 2.37. The van der Waals surface area contributed by atoms with Gasteiger partial charge in [-0.3, -0.25) is 0 Å². The maximum atomic E-state index is 5.44. The smallest absolute Gasteiger partial charge is 0.231 e. The zero-order chi connectivity index (χ0) is 14.2. The predicted molar refractivity (Wildman–Crippen MR) is 78.4 cm³/mol. The fraction of sp³-hybridized carbons (Fsp3) is 0.200. The topological polar surface area (TPSA) is 61.2 Å². The number of imidazole rings is 1. The Morgan fingerprint density at radius 1 is 1.19 bits per heavy atom. The van der Waals surface area contributed by atoms with Gasteiger partial charge in [-0.15, -0.1) is 0 Å². The summed E-state index contributed by atoms with van der Waals surface area (Å²) >= 11 is 0. The molecule has 0 aliphatic carbocycles. The molecule has 0 saturated carbocycles. The van der Waals surface area contributed by atoms with Gasteiger partial charge < -0.3 is 19.4 Å². The molecule has 0 fully saturated rings. The highest BCUT2D eigenvalue weighted by Gasteiger charge is 2.15. The zero-order valence-electron chi connectivity index (χ0n) is 11.5. The van der Waals surface area contributed by atoms with Crippen molar-refractivity contribution in [1.29, 1.82) is 0 Å². The molecule has 106 valence electrons. The van der Waals surface area contributed by atoms with E-state index in [0.717, 1.165) is 33.9 Å². The molecule has 1 aliphatic rings. The number of nitrogens with zero attached hydrogens (tertiary/aromatic N) is 3. The first-order chi connectivity index (χ1) is 10.3. The van der Waals surface area contributed by atoms with Crippen LogP contribution in [0, 0.1) is 0 Å². The molecule has 0 unspecified atom stereocenters. The Morgan fingerprint density at radius 3 is 2.86 bits per heavy atom. The van der Waals surface area contributed by atoms with E-state index in [0.29, 0.717) is 6.54 Å². The average molecular weight is 282 g/mol. The molecule has 21 heavy (non-hydrogen) atoms. The number of hydrogen-bond acceptors (Lipinski definition) is 5. The summed E-state index contributed by atoms with van der Waals surface area (Å²) in [6.07, 6.45) is 5.49. The van der Waals surface area contributed by atoms with E-state index in [2.05, 4.69) is 15.3 Å². The summed E-state index contributed by atoms with van der Waals surface area (Å²) in [7, 11) is 1.97. The van der Waals surface area contributed by atoms with Crippen LogP contribution in [0.4, 0.5) is 5.82 Å². The molecular weight excluding hydrogens is 268 g/mol. The Balaban J connectivity index is 1.70. The normalized spacial score (nSPS) is 12.8. The van der Waals surface area contributed by atoms with Crippen molar-refractivity contribution in [2.45, 2.75) is 6.54 Å². The van der Waals surface area contributed by atoms with Gasteiger partial charge in [0.05, 0.1) is 6.54 Å². The van der Waals surface area contributed by atoms with Gasteiger partial charge in [0.2, 0.25) is 6.79 Å². The number of aryl methyl sites for hydroxylation is 1. The second kappa shape index (κ2) is 4.66. The van der Waals surface area contributed by atoms with Crippen molar-refractivity contribution in [3.63, 3.8) is 0 Å². The van der Waals surface area contributed by atoms with E-state index < -0.39 is 0 Å². The van der Waals surface area contributed by atoms with E-state index in [-0.39, 0.29) is 6.79 Å². The van der Waals surface area contributed by atoms with Crippen molar-refractivity contribution in [1.82, 2.24) is 14.5 Å². The maximum absolute atomic E-state index is 5.44. The molecule has 6 nitrogen and oxygen atoms in total. The minimum absolute atomic E-state index is 0.273. The summed E-state index contributed by atoms with van der Waals surface area (Å²) in [5.74, 6) is 3.31. The lowest BCUT2D eigenvalue weighted by Gasteiger charge is -2.09. The van der Waals surface area contributed by atoms with Crippen molar-refractivity contribution in [2.75, 3.05) is 12.1 Å². The summed E-state index contributed by atoms with van der Waals surface area (Å²) in [5, 5.41) is 5.41. The van der Waals surface area contributed by atoms with Crippen LogP contribution in [0.3, 0.4) is 0 Å². The van der Waals surface area contributed by atoms with E-state index in [4.69, 9.17) is 9.47 Å². The number of rotatable bonds is 3. The summed E-state index contributed by atoms with van der Waals surface area (Å²) in [5.41, 5.74) is 0. The number of hydrogen-bond donors (Lipinski definition) is 1. The van der Waals surface area contributed by atoms with Crippen LogP contribution in [0.2, 0.25) is 0 Å². The highest BCUT2D eigenvalue weighted by molar-refractivity contribution is 5.94. The molecule has 4 rings (SSSR count). The zero-order valence-corrected chi connectivity index (χ0v) is 11.5. The SMILES string of the molecule is Cn1ccnc1CNc1nccc2cc3c(cc12)OCO3. The molecule has 0 atom stereocenters. The fourth-order valence-electron chi connectivity index (χ4n) is 2.43. The van der Waals surface area contributed by atoms with Crippen LogP contribution >= 0.6 is 0 Å². The van der Waals surface area contributed by atoms with Crippen LogP contribution in [0.25, 0.3) is 10.8 Å². The van der Waals surface area contributed by atoms with E-state index in [1.807, 2.05) is 36.0 Å². The number of nitrogens with one attached hydrogen (secondary N) is 1. The molecule has 3 heterocycles. The predicted octanol–water partition coefficient (Wildman–Crippen LogP) is 2.31. The largest absolute Gasteiger partial charge is 0.454 e. The lowest BCUT2D eigenvalue weighted by molar-refractivity contribution is 0.174. The van der Waals surface area contributed by atoms with Crippen LogP contribution in [-0.4, -0.2) is 21.3 Å². The second-order valence-corrected chi connectivity index (χ2v) is 4.89. The van der Waals surface area contributed by atoms with Gasteiger partial charge in [0.1, 0.15) is 11.6 Å². The van der Waals surface area contributed by atoms with Gasteiger partial charge in [-0.2, -0.15) is 0 Å². The standard InChI is InChI=1S/C15H14N4O2/c1-19-5-4-16-14(19)8-18-15-11-7-13-12(20-9-21-13)6-10(11)2-3-17-15/h2-7H,8-9H2,1H3,(H,17,18). The molecule has 1 aliphatic heterocycles. The lowest BCUT2D eigenvalue weighted by Crippen LogP contribution is -2.07. The molecule has 0 spiro atoms.